The number of hydrogen-bond acceptors (Lipinski definition) is 5. The van der Waals surface area contributed by atoms with Crippen LogP contribution in [-0.4, -0.2) is 20.4 Å². The van der Waals surface area contributed by atoms with Crippen LogP contribution in [0.1, 0.15) is 24.1 Å². The van der Waals surface area contributed by atoms with Gasteiger partial charge in [-0.25, -0.2) is 13.1 Å². The van der Waals surface area contributed by atoms with Crippen molar-refractivity contribution in [3.8, 4) is 0 Å². The van der Waals surface area contributed by atoms with E-state index in [4.69, 9.17) is 0 Å². The van der Waals surface area contributed by atoms with Crippen LogP contribution in [0.15, 0.2) is 40.2 Å². The molecule has 2 aromatic rings. The lowest BCUT2D eigenvalue weighted by Gasteiger charge is -2.13. The molecule has 0 spiro atoms. The quantitative estimate of drug-likeness (QED) is 0.855. The molecule has 2 rings (SSSR count). The molecule has 0 saturated heterocycles. The third kappa shape index (κ3) is 3.63. The molecule has 108 valence electrons. The van der Waals surface area contributed by atoms with Crippen LogP contribution in [0.25, 0.3) is 0 Å². The van der Waals surface area contributed by atoms with Crippen LogP contribution in [0.5, 0.6) is 0 Å². The Morgan fingerprint density at radius 3 is 2.90 bits per heavy atom. The minimum atomic E-state index is -3.49. The Bertz CT molecular complexity index is 653. The highest BCUT2D eigenvalue weighted by molar-refractivity contribution is 7.91. The highest BCUT2D eigenvalue weighted by atomic mass is 32.2. The van der Waals surface area contributed by atoms with Gasteiger partial charge in [0.15, 0.2) is 0 Å². The van der Waals surface area contributed by atoms with Gasteiger partial charge >= 0.3 is 0 Å². The molecule has 0 aliphatic carbocycles. The molecular weight excluding hydrogens is 294 g/mol. The standard InChI is InChI=1S/C13H17N3O2S2/c1-10(12-4-3-5-15-8-12)16-20(17,18)13-6-11(7-14-2)9-19-13/h3-6,8-10,14,16H,7H2,1-2H3. The molecule has 0 aliphatic rings. The van der Waals surface area contributed by atoms with Crippen LogP contribution in [0.4, 0.5) is 0 Å². The summed E-state index contributed by atoms with van der Waals surface area (Å²) in [5, 5.41) is 4.85. The Kier molecular flexibility index (Phi) is 4.87. The van der Waals surface area contributed by atoms with E-state index in [1.54, 1.807) is 31.5 Å². The zero-order valence-electron chi connectivity index (χ0n) is 11.3. The number of nitrogens with one attached hydrogen (secondary N) is 2. The molecule has 0 saturated carbocycles. The van der Waals surface area contributed by atoms with E-state index in [1.165, 1.54) is 11.3 Å². The number of nitrogens with zero attached hydrogens (tertiary/aromatic N) is 1. The van der Waals surface area contributed by atoms with Gasteiger partial charge in [-0.05, 0) is 42.6 Å². The van der Waals surface area contributed by atoms with E-state index in [2.05, 4.69) is 15.0 Å². The number of rotatable bonds is 6. The summed E-state index contributed by atoms with van der Waals surface area (Å²) in [5.41, 5.74) is 1.80. The maximum Gasteiger partial charge on any atom is 0.250 e. The monoisotopic (exact) mass is 311 g/mol. The number of thiophene rings is 1. The van der Waals surface area contributed by atoms with E-state index in [-0.39, 0.29) is 6.04 Å². The van der Waals surface area contributed by atoms with Crippen molar-refractivity contribution in [3.63, 3.8) is 0 Å². The second-order valence-corrected chi connectivity index (χ2v) is 7.29. The molecule has 0 amide bonds. The first-order valence-corrected chi connectivity index (χ1v) is 8.53. The molecule has 0 bridgehead atoms. The molecule has 1 unspecified atom stereocenters. The van der Waals surface area contributed by atoms with Crippen molar-refractivity contribution in [1.82, 2.24) is 15.0 Å². The van der Waals surface area contributed by atoms with Crippen molar-refractivity contribution >= 4 is 21.4 Å². The molecule has 2 heterocycles. The Morgan fingerprint density at radius 1 is 1.45 bits per heavy atom. The Hall–Kier alpha value is -1.28. The summed E-state index contributed by atoms with van der Waals surface area (Å²) in [6, 6.07) is 5.01. The second-order valence-electron chi connectivity index (χ2n) is 4.43. The van der Waals surface area contributed by atoms with Crippen LogP contribution in [0.3, 0.4) is 0 Å². The Balaban J connectivity index is 2.14. The van der Waals surface area contributed by atoms with E-state index >= 15 is 0 Å². The van der Waals surface area contributed by atoms with Gasteiger partial charge in [0.25, 0.3) is 10.0 Å². The van der Waals surface area contributed by atoms with Crippen molar-refractivity contribution < 1.29 is 8.42 Å². The van der Waals surface area contributed by atoms with Crippen LogP contribution in [0, 0.1) is 0 Å². The minimum absolute atomic E-state index is 0.316. The predicted molar refractivity (Wildman–Crippen MR) is 80.1 cm³/mol. The minimum Gasteiger partial charge on any atom is -0.316 e. The maximum absolute atomic E-state index is 12.3. The zero-order chi connectivity index (χ0) is 14.6. The van der Waals surface area contributed by atoms with Gasteiger partial charge in [-0.1, -0.05) is 6.07 Å². The smallest absolute Gasteiger partial charge is 0.250 e. The molecule has 1 atom stereocenters. The summed E-state index contributed by atoms with van der Waals surface area (Å²) in [6.07, 6.45) is 3.32. The SMILES string of the molecule is CNCc1csc(S(=O)(=O)NC(C)c2cccnc2)c1. The fourth-order valence-corrected chi connectivity index (χ4v) is 4.24. The largest absolute Gasteiger partial charge is 0.316 e. The van der Waals surface area contributed by atoms with Gasteiger partial charge in [-0.3, -0.25) is 4.98 Å². The van der Waals surface area contributed by atoms with Crippen molar-refractivity contribution in [2.24, 2.45) is 0 Å². The third-order valence-electron chi connectivity index (χ3n) is 2.79. The fourth-order valence-electron chi connectivity index (χ4n) is 1.78. The number of pyridine rings is 1. The number of aromatic nitrogens is 1. The molecule has 20 heavy (non-hydrogen) atoms. The molecule has 5 nitrogen and oxygen atoms in total. The lowest BCUT2D eigenvalue weighted by Crippen LogP contribution is -2.26. The van der Waals surface area contributed by atoms with Gasteiger partial charge in [0.05, 0.1) is 0 Å². The van der Waals surface area contributed by atoms with Crippen molar-refractivity contribution in [3.05, 3.63) is 47.1 Å². The van der Waals surface area contributed by atoms with Crippen molar-refractivity contribution in [1.29, 1.82) is 0 Å². The van der Waals surface area contributed by atoms with Crippen LogP contribution >= 0.6 is 11.3 Å². The second kappa shape index (κ2) is 6.45. The van der Waals surface area contributed by atoms with E-state index in [9.17, 15) is 8.42 Å². The summed E-state index contributed by atoms with van der Waals surface area (Å²) < 4.78 is 27.6. The summed E-state index contributed by atoms with van der Waals surface area (Å²) in [6.45, 7) is 2.46. The molecule has 0 radical (unpaired) electrons. The summed E-state index contributed by atoms with van der Waals surface area (Å²) in [4.78, 5) is 4.00. The van der Waals surface area contributed by atoms with Gasteiger partial charge in [0, 0.05) is 25.0 Å². The first-order valence-electron chi connectivity index (χ1n) is 6.17. The highest BCUT2D eigenvalue weighted by Gasteiger charge is 2.20. The third-order valence-corrected chi connectivity index (χ3v) is 5.82. The van der Waals surface area contributed by atoms with Crippen LogP contribution in [-0.2, 0) is 16.6 Å². The van der Waals surface area contributed by atoms with Gasteiger partial charge in [-0.15, -0.1) is 11.3 Å². The molecular formula is C13H17N3O2S2. The summed E-state index contributed by atoms with van der Waals surface area (Å²) >= 11 is 1.23. The van der Waals surface area contributed by atoms with Crippen molar-refractivity contribution in [2.45, 2.75) is 23.7 Å². The van der Waals surface area contributed by atoms with Crippen molar-refractivity contribution in [2.75, 3.05) is 7.05 Å². The molecule has 0 fully saturated rings. The first-order chi connectivity index (χ1) is 9.53. The number of sulfonamides is 1. The molecule has 2 N–H and O–H groups in total. The van der Waals surface area contributed by atoms with E-state index in [1.807, 2.05) is 18.5 Å². The van der Waals surface area contributed by atoms with Crippen LogP contribution < -0.4 is 10.0 Å². The Labute approximate surface area is 123 Å². The topological polar surface area (TPSA) is 71.1 Å². The average Bonchev–Trinajstić information content (AvgIpc) is 2.89. The molecule has 7 heteroatoms. The normalized spacial score (nSPS) is 13.3. The number of hydrogen-bond donors (Lipinski definition) is 2. The van der Waals surface area contributed by atoms with Gasteiger partial charge in [0.2, 0.25) is 0 Å². The molecule has 2 aromatic heterocycles. The van der Waals surface area contributed by atoms with E-state index < -0.39 is 10.0 Å². The van der Waals surface area contributed by atoms with E-state index in [0.717, 1.165) is 11.1 Å². The van der Waals surface area contributed by atoms with Gasteiger partial charge in [-0.2, -0.15) is 0 Å². The zero-order valence-corrected chi connectivity index (χ0v) is 13.0. The van der Waals surface area contributed by atoms with Gasteiger partial charge < -0.3 is 5.32 Å². The maximum atomic E-state index is 12.3. The molecule has 0 aromatic carbocycles. The van der Waals surface area contributed by atoms with E-state index in [0.29, 0.717) is 10.8 Å². The average molecular weight is 311 g/mol. The highest BCUT2D eigenvalue weighted by Crippen LogP contribution is 2.22. The molecule has 0 aliphatic heterocycles. The predicted octanol–water partition coefficient (Wildman–Crippen LogP) is 1.90. The summed E-state index contributed by atoms with van der Waals surface area (Å²) in [5.74, 6) is 0. The van der Waals surface area contributed by atoms with Crippen LogP contribution in [0.2, 0.25) is 0 Å². The first kappa shape index (κ1) is 15.1. The lowest BCUT2D eigenvalue weighted by molar-refractivity contribution is 0.568. The Morgan fingerprint density at radius 2 is 2.25 bits per heavy atom. The van der Waals surface area contributed by atoms with Gasteiger partial charge in [0.1, 0.15) is 4.21 Å². The lowest BCUT2D eigenvalue weighted by atomic mass is 10.2. The fraction of sp³-hybridized carbons (Fsp3) is 0.308. The summed E-state index contributed by atoms with van der Waals surface area (Å²) in [7, 11) is -1.66.